The van der Waals surface area contributed by atoms with Gasteiger partial charge in [0.2, 0.25) is 0 Å². The summed E-state index contributed by atoms with van der Waals surface area (Å²) in [6, 6.07) is 0.456. The van der Waals surface area contributed by atoms with Crippen molar-refractivity contribution in [2.45, 2.75) is 76.7 Å². The van der Waals surface area contributed by atoms with Crippen molar-refractivity contribution in [1.29, 1.82) is 0 Å². The van der Waals surface area contributed by atoms with E-state index in [1.54, 1.807) is 6.92 Å². The first-order chi connectivity index (χ1) is 9.06. The summed E-state index contributed by atoms with van der Waals surface area (Å²) in [5, 5.41) is 0. The Morgan fingerprint density at radius 1 is 0.947 bits per heavy atom. The Morgan fingerprint density at radius 3 is 1.84 bits per heavy atom. The van der Waals surface area contributed by atoms with E-state index < -0.39 is 5.92 Å². The van der Waals surface area contributed by atoms with Crippen LogP contribution < -0.4 is 0 Å². The standard InChI is InChI=1S/C16H27F2N/c1-3-16(17,18)14-8-4-12(5-9-14)13-6-10-15(19-2)11-7-13/h12-15H,2-11H2,1H3. The van der Waals surface area contributed by atoms with Gasteiger partial charge in [-0.05, 0) is 69.9 Å². The Hall–Kier alpha value is -0.470. The summed E-state index contributed by atoms with van der Waals surface area (Å²) < 4.78 is 27.4. The molecule has 0 unspecified atom stereocenters. The molecule has 0 radical (unpaired) electrons. The molecule has 0 atom stereocenters. The fourth-order valence-electron chi connectivity index (χ4n) is 4.06. The first-order valence-electron chi connectivity index (χ1n) is 7.90. The van der Waals surface area contributed by atoms with E-state index in [0.29, 0.717) is 12.0 Å². The first-order valence-corrected chi connectivity index (χ1v) is 7.90. The molecule has 2 aliphatic rings. The molecule has 0 aromatic rings. The molecule has 0 bridgehead atoms. The van der Waals surface area contributed by atoms with Crippen molar-refractivity contribution in [2.24, 2.45) is 22.7 Å². The smallest absolute Gasteiger partial charge is 0.250 e. The second-order valence-corrected chi connectivity index (χ2v) is 6.48. The average molecular weight is 271 g/mol. The Labute approximate surface area is 115 Å². The minimum absolute atomic E-state index is 0.00154. The topological polar surface area (TPSA) is 12.4 Å². The molecule has 0 N–H and O–H groups in total. The van der Waals surface area contributed by atoms with Crippen LogP contribution in [0.25, 0.3) is 0 Å². The van der Waals surface area contributed by atoms with Gasteiger partial charge in [0.05, 0.1) is 0 Å². The number of rotatable bonds is 4. The molecule has 2 saturated carbocycles. The fraction of sp³-hybridized carbons (Fsp3) is 0.938. The van der Waals surface area contributed by atoms with Crippen molar-refractivity contribution in [2.75, 3.05) is 0 Å². The lowest BCUT2D eigenvalue weighted by atomic mass is 9.69. The largest absolute Gasteiger partial charge is 0.298 e. The van der Waals surface area contributed by atoms with E-state index in [2.05, 4.69) is 11.7 Å². The van der Waals surface area contributed by atoms with Crippen LogP contribution in [0.2, 0.25) is 0 Å². The Balaban J connectivity index is 1.79. The molecule has 0 amide bonds. The van der Waals surface area contributed by atoms with Gasteiger partial charge < -0.3 is 0 Å². The molecule has 0 saturated heterocycles. The summed E-state index contributed by atoms with van der Waals surface area (Å²) in [5.41, 5.74) is 0. The van der Waals surface area contributed by atoms with Crippen molar-refractivity contribution in [1.82, 2.24) is 0 Å². The first kappa shape index (κ1) is 14.9. The molecule has 1 nitrogen and oxygen atoms in total. The van der Waals surface area contributed by atoms with E-state index in [9.17, 15) is 8.78 Å². The molecule has 0 aromatic carbocycles. The number of halogens is 2. The van der Waals surface area contributed by atoms with Crippen LogP contribution in [0.1, 0.15) is 64.7 Å². The summed E-state index contributed by atoms with van der Waals surface area (Å²) in [4.78, 5) is 4.13. The van der Waals surface area contributed by atoms with Crippen LogP contribution in [-0.4, -0.2) is 18.7 Å². The number of alkyl halides is 2. The maximum atomic E-state index is 13.7. The molecule has 0 aliphatic heterocycles. The number of aliphatic imine (C=N–C) groups is 1. The lowest BCUT2D eigenvalue weighted by Crippen LogP contribution is -2.33. The van der Waals surface area contributed by atoms with E-state index >= 15 is 0 Å². The van der Waals surface area contributed by atoms with Crippen LogP contribution in [0.4, 0.5) is 8.78 Å². The van der Waals surface area contributed by atoms with Crippen LogP contribution in [0.5, 0.6) is 0 Å². The Bertz CT molecular complexity index is 287. The molecular formula is C16H27F2N. The van der Waals surface area contributed by atoms with Crippen molar-refractivity contribution in [3.63, 3.8) is 0 Å². The van der Waals surface area contributed by atoms with Gasteiger partial charge in [-0.3, -0.25) is 4.99 Å². The van der Waals surface area contributed by atoms with Crippen LogP contribution in [0.15, 0.2) is 4.99 Å². The zero-order valence-corrected chi connectivity index (χ0v) is 12.1. The number of nitrogens with zero attached hydrogens (tertiary/aromatic N) is 1. The highest BCUT2D eigenvalue weighted by molar-refractivity contribution is 5.24. The number of hydrogen-bond acceptors (Lipinski definition) is 1. The molecule has 0 spiro atoms. The van der Waals surface area contributed by atoms with Crippen molar-refractivity contribution < 1.29 is 8.78 Å². The summed E-state index contributed by atoms with van der Waals surface area (Å²) in [6.07, 6.45) is 8.23. The van der Waals surface area contributed by atoms with Crippen molar-refractivity contribution >= 4 is 6.72 Å². The molecule has 0 aromatic heterocycles. The minimum atomic E-state index is -2.44. The summed E-state index contributed by atoms with van der Waals surface area (Å²) >= 11 is 0. The summed E-state index contributed by atoms with van der Waals surface area (Å²) in [6.45, 7) is 5.24. The third-order valence-electron chi connectivity index (χ3n) is 5.51. The van der Waals surface area contributed by atoms with Gasteiger partial charge in [-0.2, -0.15) is 0 Å². The highest BCUT2D eigenvalue weighted by Gasteiger charge is 2.41. The van der Waals surface area contributed by atoms with Crippen LogP contribution in [0.3, 0.4) is 0 Å². The molecule has 2 fully saturated rings. The second-order valence-electron chi connectivity index (χ2n) is 6.48. The van der Waals surface area contributed by atoms with E-state index in [-0.39, 0.29) is 12.3 Å². The summed E-state index contributed by atoms with van der Waals surface area (Å²) in [7, 11) is 0. The molecule has 0 heterocycles. The SMILES string of the molecule is C=NC1CCC(C2CCC(C(F)(F)CC)CC2)CC1. The Kier molecular flexibility index (Phi) is 4.97. The number of hydrogen-bond donors (Lipinski definition) is 0. The molecule has 19 heavy (non-hydrogen) atoms. The quantitative estimate of drug-likeness (QED) is 0.631. The highest BCUT2D eigenvalue weighted by atomic mass is 19.3. The highest BCUT2D eigenvalue weighted by Crippen LogP contribution is 2.45. The van der Waals surface area contributed by atoms with Crippen LogP contribution in [-0.2, 0) is 0 Å². The van der Waals surface area contributed by atoms with Crippen LogP contribution in [0, 0.1) is 17.8 Å². The maximum Gasteiger partial charge on any atom is 0.250 e. The van der Waals surface area contributed by atoms with E-state index in [0.717, 1.165) is 44.4 Å². The second kappa shape index (κ2) is 6.32. The van der Waals surface area contributed by atoms with Gasteiger partial charge in [-0.15, -0.1) is 0 Å². The third-order valence-corrected chi connectivity index (χ3v) is 5.51. The van der Waals surface area contributed by atoms with Gasteiger partial charge in [0.25, 0.3) is 5.92 Å². The molecule has 2 aliphatic carbocycles. The lowest BCUT2D eigenvalue weighted by Gasteiger charge is -2.39. The predicted octanol–water partition coefficient (Wildman–Crippen LogP) is 5.10. The van der Waals surface area contributed by atoms with Gasteiger partial charge in [-0.25, -0.2) is 8.78 Å². The molecule has 3 heteroatoms. The van der Waals surface area contributed by atoms with Crippen LogP contribution >= 0.6 is 0 Å². The van der Waals surface area contributed by atoms with E-state index in [1.807, 2.05) is 0 Å². The van der Waals surface area contributed by atoms with Crippen molar-refractivity contribution in [3.05, 3.63) is 0 Å². The summed E-state index contributed by atoms with van der Waals surface area (Å²) in [5.74, 6) is -1.35. The lowest BCUT2D eigenvalue weighted by molar-refractivity contribution is -0.0807. The van der Waals surface area contributed by atoms with Gasteiger partial charge in [0.1, 0.15) is 0 Å². The zero-order valence-electron chi connectivity index (χ0n) is 12.1. The molecule has 2 rings (SSSR count). The van der Waals surface area contributed by atoms with E-state index in [1.165, 1.54) is 12.8 Å². The van der Waals surface area contributed by atoms with Gasteiger partial charge in [-0.1, -0.05) is 6.92 Å². The fourth-order valence-corrected chi connectivity index (χ4v) is 4.06. The van der Waals surface area contributed by atoms with Gasteiger partial charge >= 0.3 is 0 Å². The molecular weight excluding hydrogens is 244 g/mol. The zero-order chi connectivity index (χ0) is 13.9. The average Bonchev–Trinajstić information content (AvgIpc) is 2.47. The van der Waals surface area contributed by atoms with Gasteiger partial charge in [0, 0.05) is 18.4 Å². The van der Waals surface area contributed by atoms with Crippen molar-refractivity contribution in [3.8, 4) is 0 Å². The van der Waals surface area contributed by atoms with Gasteiger partial charge in [0.15, 0.2) is 0 Å². The predicted molar refractivity (Wildman–Crippen MR) is 76.0 cm³/mol. The monoisotopic (exact) mass is 271 g/mol. The molecule has 110 valence electrons. The normalized spacial score (nSPS) is 37.0. The third kappa shape index (κ3) is 3.55. The maximum absolute atomic E-state index is 13.7. The minimum Gasteiger partial charge on any atom is -0.298 e. The Morgan fingerprint density at radius 2 is 1.42 bits per heavy atom. The van der Waals surface area contributed by atoms with E-state index in [4.69, 9.17) is 0 Å².